The van der Waals surface area contributed by atoms with Crippen LogP contribution in [0.2, 0.25) is 0 Å². The summed E-state index contributed by atoms with van der Waals surface area (Å²) < 4.78 is 10.4. The van der Waals surface area contributed by atoms with Gasteiger partial charge in [0, 0.05) is 22.3 Å². The Kier molecular flexibility index (Phi) is 7.25. The van der Waals surface area contributed by atoms with Gasteiger partial charge in [-0.05, 0) is 33.3 Å². The first-order chi connectivity index (χ1) is 12.9. The van der Waals surface area contributed by atoms with Crippen molar-refractivity contribution in [1.29, 1.82) is 0 Å². The number of rotatable bonds is 6. The van der Waals surface area contributed by atoms with Crippen LogP contribution >= 0.6 is 11.6 Å². The minimum atomic E-state index is -0.669. The number of halogens is 1. The first-order valence-corrected chi connectivity index (χ1v) is 9.24. The monoisotopic (exact) mass is 389 g/mol. The van der Waals surface area contributed by atoms with E-state index in [4.69, 9.17) is 21.1 Å². The van der Waals surface area contributed by atoms with Crippen molar-refractivity contribution >= 4 is 28.6 Å². The molecule has 0 saturated carbocycles. The van der Waals surface area contributed by atoms with Gasteiger partial charge in [-0.3, -0.25) is 0 Å². The van der Waals surface area contributed by atoms with Crippen molar-refractivity contribution in [3.63, 3.8) is 0 Å². The zero-order valence-corrected chi connectivity index (χ0v) is 16.7. The third kappa shape index (κ3) is 4.80. The summed E-state index contributed by atoms with van der Waals surface area (Å²) in [6.45, 7) is 7.48. The van der Waals surface area contributed by atoms with Gasteiger partial charge in [-0.1, -0.05) is 48.0 Å². The lowest BCUT2D eigenvalue weighted by Crippen LogP contribution is -2.33. The van der Waals surface area contributed by atoms with E-state index in [1.165, 1.54) is 0 Å². The SMILES string of the molecule is CCOC(=O)C1=C(C)NC(C)=C(C(=O)OCC)C1/C=C(\Cl)c1ccccc1. The number of benzene rings is 1. The number of ether oxygens (including phenoxy) is 2. The molecule has 0 spiro atoms. The molecule has 0 bridgehead atoms. The Bertz CT molecular complexity index is 769. The minimum absolute atomic E-state index is 0.232. The summed E-state index contributed by atoms with van der Waals surface area (Å²) in [6.07, 6.45) is 1.70. The van der Waals surface area contributed by atoms with Crippen LogP contribution in [0.5, 0.6) is 0 Å². The highest BCUT2D eigenvalue weighted by atomic mass is 35.5. The zero-order valence-electron chi connectivity index (χ0n) is 16.0. The molecule has 1 aromatic rings. The van der Waals surface area contributed by atoms with Gasteiger partial charge in [-0.15, -0.1) is 0 Å². The van der Waals surface area contributed by atoms with Crippen LogP contribution in [0.4, 0.5) is 0 Å². The number of allylic oxidation sites excluding steroid dienone is 3. The van der Waals surface area contributed by atoms with E-state index in [1.807, 2.05) is 30.3 Å². The molecule has 0 aliphatic carbocycles. The van der Waals surface area contributed by atoms with Crippen molar-refractivity contribution in [2.45, 2.75) is 27.7 Å². The number of carbonyl (C=O) groups excluding carboxylic acids is 2. The molecule has 1 heterocycles. The maximum Gasteiger partial charge on any atom is 0.336 e. The smallest absolute Gasteiger partial charge is 0.336 e. The Morgan fingerprint density at radius 1 is 1.00 bits per heavy atom. The Labute approximate surface area is 164 Å². The molecule has 1 aliphatic heterocycles. The molecule has 5 nitrogen and oxygen atoms in total. The van der Waals surface area contributed by atoms with Gasteiger partial charge >= 0.3 is 11.9 Å². The molecule has 1 aliphatic rings. The largest absolute Gasteiger partial charge is 0.463 e. The summed E-state index contributed by atoms with van der Waals surface area (Å²) in [5.41, 5.74) is 2.73. The number of nitrogens with one attached hydrogen (secondary N) is 1. The van der Waals surface area contributed by atoms with Gasteiger partial charge in [0.15, 0.2) is 0 Å². The van der Waals surface area contributed by atoms with Crippen molar-refractivity contribution in [3.8, 4) is 0 Å². The highest BCUT2D eigenvalue weighted by Gasteiger charge is 2.35. The van der Waals surface area contributed by atoms with Gasteiger partial charge in [0.2, 0.25) is 0 Å². The topological polar surface area (TPSA) is 64.6 Å². The maximum absolute atomic E-state index is 12.6. The summed E-state index contributed by atoms with van der Waals surface area (Å²) in [6, 6.07) is 9.35. The average Bonchev–Trinajstić information content (AvgIpc) is 2.62. The summed E-state index contributed by atoms with van der Waals surface area (Å²) in [5, 5.41) is 3.52. The van der Waals surface area contributed by atoms with E-state index >= 15 is 0 Å². The summed E-state index contributed by atoms with van der Waals surface area (Å²) in [5.74, 6) is -1.65. The first kappa shape index (κ1) is 20.8. The molecule has 1 N–H and O–H groups in total. The van der Waals surface area contributed by atoms with E-state index in [9.17, 15) is 9.59 Å². The van der Waals surface area contributed by atoms with Crippen molar-refractivity contribution in [2.24, 2.45) is 5.92 Å². The van der Waals surface area contributed by atoms with Crippen LogP contribution in [0.1, 0.15) is 33.3 Å². The van der Waals surface area contributed by atoms with E-state index in [0.29, 0.717) is 27.6 Å². The molecule has 1 aromatic carbocycles. The molecule has 0 fully saturated rings. The standard InChI is InChI=1S/C21H24ClNO4/c1-5-26-20(24)18-13(3)23-14(4)19(21(25)27-6-2)16(18)12-17(22)15-10-8-7-9-11-15/h7-12,16,23H,5-6H2,1-4H3/b17-12-. The molecule has 27 heavy (non-hydrogen) atoms. The molecule has 0 amide bonds. The molecule has 144 valence electrons. The molecule has 6 heteroatoms. The Morgan fingerprint density at radius 2 is 1.48 bits per heavy atom. The Hall–Kier alpha value is -2.53. The van der Waals surface area contributed by atoms with Gasteiger partial charge in [-0.25, -0.2) is 9.59 Å². The summed E-state index contributed by atoms with van der Waals surface area (Å²) in [4.78, 5) is 25.2. The van der Waals surface area contributed by atoms with Crippen LogP contribution in [0, 0.1) is 5.92 Å². The van der Waals surface area contributed by atoms with Crippen molar-refractivity contribution in [3.05, 3.63) is 64.5 Å². The molecular weight excluding hydrogens is 366 g/mol. The fourth-order valence-corrected chi connectivity index (χ4v) is 3.26. The minimum Gasteiger partial charge on any atom is -0.463 e. The van der Waals surface area contributed by atoms with E-state index in [0.717, 1.165) is 5.56 Å². The normalized spacial score (nSPS) is 15.5. The third-order valence-electron chi connectivity index (χ3n) is 4.16. The maximum atomic E-state index is 12.6. The van der Waals surface area contributed by atoms with Crippen LogP contribution in [0.3, 0.4) is 0 Å². The lowest BCUT2D eigenvalue weighted by Gasteiger charge is -2.28. The summed E-state index contributed by atoms with van der Waals surface area (Å²) in [7, 11) is 0. The third-order valence-corrected chi connectivity index (χ3v) is 4.50. The van der Waals surface area contributed by atoms with Crippen LogP contribution in [0.15, 0.2) is 58.9 Å². The lowest BCUT2D eigenvalue weighted by molar-refractivity contribution is -0.139. The van der Waals surface area contributed by atoms with Gasteiger partial charge in [-0.2, -0.15) is 0 Å². The van der Waals surface area contributed by atoms with E-state index in [1.54, 1.807) is 33.8 Å². The fraction of sp³-hybridized carbons (Fsp3) is 0.333. The van der Waals surface area contributed by atoms with Crippen LogP contribution < -0.4 is 5.32 Å². The first-order valence-electron chi connectivity index (χ1n) is 8.86. The molecule has 2 rings (SSSR count). The molecule has 0 saturated heterocycles. The Balaban J connectivity index is 2.58. The van der Waals surface area contributed by atoms with Crippen molar-refractivity contribution in [1.82, 2.24) is 5.32 Å². The molecule has 0 unspecified atom stereocenters. The number of hydrogen-bond acceptors (Lipinski definition) is 5. The van der Waals surface area contributed by atoms with E-state index < -0.39 is 17.9 Å². The number of carbonyl (C=O) groups is 2. The van der Waals surface area contributed by atoms with Gasteiger partial charge in [0.05, 0.1) is 24.4 Å². The van der Waals surface area contributed by atoms with Gasteiger partial charge < -0.3 is 14.8 Å². The number of hydrogen-bond donors (Lipinski definition) is 1. The number of esters is 2. The quantitative estimate of drug-likeness (QED) is 0.740. The van der Waals surface area contributed by atoms with Crippen LogP contribution in [-0.2, 0) is 19.1 Å². The molecular formula is C21H24ClNO4. The zero-order chi connectivity index (χ0) is 20.0. The predicted molar refractivity (Wildman–Crippen MR) is 106 cm³/mol. The fourth-order valence-electron chi connectivity index (χ4n) is 3.01. The van der Waals surface area contributed by atoms with Crippen molar-refractivity contribution in [2.75, 3.05) is 13.2 Å². The van der Waals surface area contributed by atoms with Gasteiger partial charge in [0.1, 0.15) is 0 Å². The van der Waals surface area contributed by atoms with Crippen LogP contribution in [-0.4, -0.2) is 25.2 Å². The van der Waals surface area contributed by atoms with Gasteiger partial charge in [0.25, 0.3) is 0 Å². The second-order valence-electron chi connectivity index (χ2n) is 6.00. The lowest BCUT2D eigenvalue weighted by atomic mass is 9.84. The van der Waals surface area contributed by atoms with E-state index in [-0.39, 0.29) is 13.2 Å². The van der Waals surface area contributed by atoms with Crippen molar-refractivity contribution < 1.29 is 19.1 Å². The molecule has 0 radical (unpaired) electrons. The second-order valence-corrected chi connectivity index (χ2v) is 6.41. The molecule has 0 aromatic heterocycles. The average molecular weight is 390 g/mol. The predicted octanol–water partition coefficient (Wildman–Crippen LogP) is 4.16. The molecule has 0 atom stereocenters. The highest BCUT2D eigenvalue weighted by Crippen LogP contribution is 2.35. The number of dihydropyridines is 1. The second kappa shape index (κ2) is 9.42. The Morgan fingerprint density at radius 3 is 1.93 bits per heavy atom. The van der Waals surface area contributed by atoms with Crippen LogP contribution in [0.25, 0.3) is 5.03 Å². The van der Waals surface area contributed by atoms with E-state index in [2.05, 4.69) is 5.32 Å². The highest BCUT2D eigenvalue weighted by molar-refractivity contribution is 6.48. The summed E-state index contributed by atoms with van der Waals surface area (Å²) >= 11 is 6.52.